The van der Waals surface area contributed by atoms with Crippen molar-refractivity contribution in [3.05, 3.63) is 72.3 Å². The molecule has 0 fully saturated rings. The Hall–Kier alpha value is -3.89. The molecule has 0 spiro atoms. The SMILES string of the molecule is O=[N+]([O-])c1ccc(O)c(C=Nc2ccc([N+](=O)[O-])cc2[N+](=O)[O-])c1. The highest BCUT2D eigenvalue weighted by atomic mass is 16.6. The second-order valence-corrected chi connectivity index (χ2v) is 4.45. The quantitative estimate of drug-likeness (QED) is 0.499. The van der Waals surface area contributed by atoms with E-state index in [0.29, 0.717) is 0 Å². The van der Waals surface area contributed by atoms with Gasteiger partial charge in [0.05, 0.1) is 20.8 Å². The van der Waals surface area contributed by atoms with E-state index in [0.717, 1.165) is 42.6 Å². The zero-order chi connectivity index (χ0) is 17.9. The molecule has 2 aromatic rings. The topological polar surface area (TPSA) is 162 Å². The highest BCUT2D eigenvalue weighted by molar-refractivity contribution is 5.87. The van der Waals surface area contributed by atoms with Crippen LogP contribution < -0.4 is 0 Å². The first-order valence-electron chi connectivity index (χ1n) is 6.24. The lowest BCUT2D eigenvalue weighted by Crippen LogP contribution is -1.93. The summed E-state index contributed by atoms with van der Waals surface area (Å²) in [6.45, 7) is 0. The molecule has 0 aromatic heterocycles. The van der Waals surface area contributed by atoms with Gasteiger partial charge in [-0.25, -0.2) is 4.99 Å². The van der Waals surface area contributed by atoms with Crippen molar-refractivity contribution < 1.29 is 19.9 Å². The van der Waals surface area contributed by atoms with Crippen molar-refractivity contribution in [3.8, 4) is 5.75 Å². The van der Waals surface area contributed by atoms with Crippen molar-refractivity contribution in [1.29, 1.82) is 0 Å². The van der Waals surface area contributed by atoms with Gasteiger partial charge in [-0.2, -0.15) is 0 Å². The Balaban J connectivity index is 2.46. The number of nitro groups is 3. The van der Waals surface area contributed by atoms with E-state index in [4.69, 9.17) is 0 Å². The summed E-state index contributed by atoms with van der Waals surface area (Å²) in [5.41, 5.74) is -1.61. The van der Waals surface area contributed by atoms with Crippen LogP contribution in [0.25, 0.3) is 0 Å². The molecular formula is C13H8N4O7. The van der Waals surface area contributed by atoms with E-state index in [1.807, 2.05) is 0 Å². The molecule has 0 atom stereocenters. The molecule has 0 unspecified atom stereocenters. The van der Waals surface area contributed by atoms with Crippen LogP contribution in [0, 0.1) is 30.3 Å². The van der Waals surface area contributed by atoms with Gasteiger partial charge in [-0.1, -0.05) is 0 Å². The number of hydrogen-bond acceptors (Lipinski definition) is 8. The van der Waals surface area contributed by atoms with Crippen LogP contribution in [0.15, 0.2) is 41.4 Å². The zero-order valence-electron chi connectivity index (χ0n) is 11.7. The van der Waals surface area contributed by atoms with Crippen molar-refractivity contribution in [3.63, 3.8) is 0 Å². The highest BCUT2D eigenvalue weighted by Crippen LogP contribution is 2.31. The lowest BCUT2D eigenvalue weighted by atomic mass is 10.2. The van der Waals surface area contributed by atoms with Gasteiger partial charge in [-0.15, -0.1) is 0 Å². The van der Waals surface area contributed by atoms with Crippen molar-refractivity contribution >= 4 is 29.0 Å². The molecule has 122 valence electrons. The van der Waals surface area contributed by atoms with E-state index in [2.05, 4.69) is 4.99 Å². The minimum atomic E-state index is -0.840. The first-order chi connectivity index (χ1) is 11.3. The normalized spacial score (nSPS) is 10.7. The Kier molecular flexibility index (Phi) is 4.45. The standard InChI is InChI=1S/C13H8N4O7/c18-13-4-2-9(15(19)20)5-8(13)7-14-11-3-1-10(16(21)22)6-12(11)17(23)24/h1-7,18H. The molecule has 0 aliphatic heterocycles. The average molecular weight is 332 g/mol. The monoisotopic (exact) mass is 332 g/mol. The highest BCUT2D eigenvalue weighted by Gasteiger charge is 2.19. The van der Waals surface area contributed by atoms with Crippen LogP contribution in [0.2, 0.25) is 0 Å². The first kappa shape index (κ1) is 16.5. The summed E-state index contributed by atoms with van der Waals surface area (Å²) in [7, 11) is 0. The summed E-state index contributed by atoms with van der Waals surface area (Å²) in [6.07, 6.45) is 0.997. The van der Waals surface area contributed by atoms with Gasteiger partial charge in [-0.3, -0.25) is 30.3 Å². The number of nitrogens with zero attached hydrogens (tertiary/aromatic N) is 4. The van der Waals surface area contributed by atoms with Gasteiger partial charge in [-0.05, 0) is 12.1 Å². The van der Waals surface area contributed by atoms with Crippen molar-refractivity contribution in [1.82, 2.24) is 0 Å². The fourth-order valence-electron chi connectivity index (χ4n) is 1.78. The Morgan fingerprint density at radius 1 is 0.875 bits per heavy atom. The van der Waals surface area contributed by atoms with Gasteiger partial charge in [0.25, 0.3) is 11.4 Å². The maximum atomic E-state index is 11.0. The smallest absolute Gasteiger partial charge is 0.301 e. The van der Waals surface area contributed by atoms with Gasteiger partial charge in [0.2, 0.25) is 0 Å². The molecule has 0 aliphatic rings. The average Bonchev–Trinajstić information content (AvgIpc) is 2.53. The van der Waals surface area contributed by atoms with Gasteiger partial charge >= 0.3 is 5.69 Å². The number of phenolic OH excluding ortho intramolecular Hbond substituents is 1. The molecule has 0 radical (unpaired) electrons. The first-order valence-corrected chi connectivity index (χ1v) is 6.24. The van der Waals surface area contributed by atoms with Crippen LogP contribution in [-0.4, -0.2) is 26.1 Å². The van der Waals surface area contributed by atoms with E-state index in [1.54, 1.807) is 0 Å². The van der Waals surface area contributed by atoms with Crippen molar-refractivity contribution in [2.45, 2.75) is 0 Å². The minimum absolute atomic E-state index is 0.0307. The number of nitro benzene ring substituents is 3. The minimum Gasteiger partial charge on any atom is -0.507 e. The van der Waals surface area contributed by atoms with Crippen LogP contribution >= 0.6 is 0 Å². The Bertz CT molecular complexity index is 879. The summed E-state index contributed by atoms with van der Waals surface area (Å²) >= 11 is 0. The summed E-state index contributed by atoms with van der Waals surface area (Å²) in [5.74, 6) is -0.311. The van der Waals surface area contributed by atoms with E-state index in [9.17, 15) is 35.4 Å². The number of non-ortho nitro benzene ring substituents is 2. The van der Waals surface area contributed by atoms with Crippen LogP contribution in [0.1, 0.15) is 5.56 Å². The summed E-state index contributed by atoms with van der Waals surface area (Å²) < 4.78 is 0. The Morgan fingerprint density at radius 3 is 2.04 bits per heavy atom. The molecule has 0 bridgehead atoms. The molecule has 0 saturated heterocycles. The van der Waals surface area contributed by atoms with E-state index >= 15 is 0 Å². The molecule has 11 heteroatoms. The Morgan fingerprint density at radius 2 is 1.46 bits per heavy atom. The van der Waals surface area contributed by atoms with Crippen LogP contribution in [0.3, 0.4) is 0 Å². The fourth-order valence-corrected chi connectivity index (χ4v) is 1.78. The molecule has 2 rings (SSSR count). The third-order valence-corrected chi connectivity index (χ3v) is 2.93. The lowest BCUT2D eigenvalue weighted by molar-refractivity contribution is -0.393. The van der Waals surface area contributed by atoms with Crippen molar-refractivity contribution in [2.75, 3.05) is 0 Å². The molecule has 2 aromatic carbocycles. The third-order valence-electron chi connectivity index (χ3n) is 2.93. The fraction of sp³-hybridized carbons (Fsp3) is 0. The third kappa shape index (κ3) is 3.47. The van der Waals surface area contributed by atoms with Crippen LogP contribution in [-0.2, 0) is 0 Å². The molecule has 11 nitrogen and oxygen atoms in total. The summed E-state index contributed by atoms with van der Waals surface area (Å²) in [5, 5.41) is 42.0. The maximum absolute atomic E-state index is 11.0. The van der Waals surface area contributed by atoms with E-state index in [-0.39, 0.29) is 22.7 Å². The molecular weight excluding hydrogens is 324 g/mol. The number of phenols is 1. The maximum Gasteiger partial charge on any atom is 0.301 e. The second kappa shape index (κ2) is 6.48. The van der Waals surface area contributed by atoms with E-state index in [1.165, 1.54) is 0 Å². The molecule has 0 heterocycles. The number of aliphatic imine (C=N–C) groups is 1. The summed E-state index contributed by atoms with van der Waals surface area (Å²) in [6, 6.07) is 6.06. The Labute approximate surface area is 133 Å². The van der Waals surface area contributed by atoms with Gasteiger partial charge in [0, 0.05) is 30.0 Å². The van der Waals surface area contributed by atoms with Crippen molar-refractivity contribution in [2.24, 2.45) is 4.99 Å². The molecule has 1 N–H and O–H groups in total. The van der Waals surface area contributed by atoms with Gasteiger partial charge < -0.3 is 5.11 Å². The van der Waals surface area contributed by atoms with Crippen LogP contribution in [0.5, 0.6) is 5.75 Å². The van der Waals surface area contributed by atoms with Gasteiger partial charge in [0.15, 0.2) is 0 Å². The zero-order valence-corrected chi connectivity index (χ0v) is 11.7. The number of benzene rings is 2. The van der Waals surface area contributed by atoms with Gasteiger partial charge in [0.1, 0.15) is 11.4 Å². The second-order valence-electron chi connectivity index (χ2n) is 4.45. The summed E-state index contributed by atoms with van der Waals surface area (Å²) in [4.78, 5) is 33.8. The predicted molar refractivity (Wildman–Crippen MR) is 81.8 cm³/mol. The number of hydrogen-bond donors (Lipinski definition) is 1. The predicted octanol–water partition coefficient (Wildman–Crippen LogP) is 2.87. The number of rotatable bonds is 5. The molecule has 0 amide bonds. The van der Waals surface area contributed by atoms with E-state index < -0.39 is 26.1 Å². The largest absolute Gasteiger partial charge is 0.507 e. The van der Waals surface area contributed by atoms with Crippen LogP contribution in [0.4, 0.5) is 22.7 Å². The molecule has 0 saturated carbocycles. The molecule has 0 aliphatic carbocycles. The lowest BCUT2D eigenvalue weighted by Gasteiger charge is -2.00. The molecule has 24 heavy (non-hydrogen) atoms. The number of aromatic hydroxyl groups is 1.